The van der Waals surface area contributed by atoms with Crippen molar-refractivity contribution in [3.8, 4) is 0 Å². The number of anilines is 1. The van der Waals surface area contributed by atoms with Gasteiger partial charge < -0.3 is 4.74 Å². The largest absolute Gasteiger partial charge is 0.461 e. The zero-order valence-electron chi connectivity index (χ0n) is 8.84. The van der Waals surface area contributed by atoms with Crippen LogP contribution in [0.1, 0.15) is 6.92 Å². The third-order valence-electron chi connectivity index (χ3n) is 1.65. The number of hydrogen-bond donors (Lipinski definition) is 1. The topological polar surface area (TPSA) is 50.7 Å². The maximum Gasteiger partial charge on any atom is 0.370 e. The van der Waals surface area contributed by atoms with E-state index in [-0.39, 0.29) is 16.8 Å². The van der Waals surface area contributed by atoms with Gasteiger partial charge in [0, 0.05) is 0 Å². The van der Waals surface area contributed by atoms with Crippen molar-refractivity contribution in [2.75, 3.05) is 12.0 Å². The Morgan fingerprint density at radius 1 is 1.59 bits per heavy atom. The summed E-state index contributed by atoms with van der Waals surface area (Å²) in [4.78, 5) is 11.1. The maximum atomic E-state index is 12.8. The highest BCUT2D eigenvalue weighted by molar-refractivity contribution is 6.82. The number of benzene rings is 1. The molecule has 0 aromatic heterocycles. The predicted octanol–water partition coefficient (Wildman–Crippen LogP) is 3.01. The Bertz CT molecular complexity index is 452. The molecule has 7 heteroatoms. The molecule has 0 saturated heterocycles. The number of rotatable bonds is 4. The van der Waals surface area contributed by atoms with Gasteiger partial charge in [0.15, 0.2) is 0 Å². The van der Waals surface area contributed by atoms with Crippen LogP contribution in [0.2, 0.25) is 5.02 Å². The summed E-state index contributed by atoms with van der Waals surface area (Å²) in [6.07, 6.45) is 0. The SMILES string of the molecule is CCOC(=O)/C(Cl)=N\Nc1ccc(F)c(Cl)c1. The van der Waals surface area contributed by atoms with Crippen molar-refractivity contribution >= 4 is 40.0 Å². The molecule has 0 radical (unpaired) electrons. The van der Waals surface area contributed by atoms with E-state index >= 15 is 0 Å². The number of halogens is 3. The lowest BCUT2D eigenvalue weighted by atomic mass is 10.3. The highest BCUT2D eigenvalue weighted by Gasteiger charge is 2.09. The highest BCUT2D eigenvalue weighted by Crippen LogP contribution is 2.19. The molecule has 0 amide bonds. The predicted molar refractivity (Wildman–Crippen MR) is 65.0 cm³/mol. The standard InChI is InChI=1S/C10H9Cl2FN2O2/c1-2-17-10(16)9(12)15-14-6-3-4-8(13)7(11)5-6/h3-5,14H,2H2,1H3/b15-9+. The van der Waals surface area contributed by atoms with Gasteiger partial charge in [-0.3, -0.25) is 5.43 Å². The van der Waals surface area contributed by atoms with Crippen LogP contribution in [0.25, 0.3) is 0 Å². The molecule has 1 N–H and O–H groups in total. The number of ether oxygens (including phenoxy) is 1. The van der Waals surface area contributed by atoms with Crippen LogP contribution >= 0.6 is 23.2 Å². The molecule has 0 spiro atoms. The molecular formula is C10H9Cl2FN2O2. The van der Waals surface area contributed by atoms with Crippen LogP contribution in [0.5, 0.6) is 0 Å². The van der Waals surface area contributed by atoms with Crippen LogP contribution in [0.15, 0.2) is 23.3 Å². The molecule has 0 aliphatic rings. The molecule has 4 nitrogen and oxygen atoms in total. The lowest BCUT2D eigenvalue weighted by molar-refractivity contribution is -0.134. The molecule has 0 heterocycles. The van der Waals surface area contributed by atoms with Gasteiger partial charge in [-0.25, -0.2) is 9.18 Å². The Kier molecular flexibility index (Phi) is 5.18. The average Bonchev–Trinajstić information content (AvgIpc) is 2.30. The fourth-order valence-electron chi connectivity index (χ4n) is 0.916. The first-order valence-corrected chi connectivity index (χ1v) is 5.41. The summed E-state index contributed by atoms with van der Waals surface area (Å²) in [7, 11) is 0. The van der Waals surface area contributed by atoms with E-state index in [1.165, 1.54) is 18.2 Å². The van der Waals surface area contributed by atoms with Gasteiger partial charge in [0.2, 0.25) is 5.17 Å². The molecular weight excluding hydrogens is 270 g/mol. The molecule has 0 saturated carbocycles. The minimum absolute atomic E-state index is 0.0579. The van der Waals surface area contributed by atoms with Gasteiger partial charge in [0.25, 0.3) is 0 Å². The molecule has 0 unspecified atom stereocenters. The molecule has 0 fully saturated rings. The van der Waals surface area contributed by atoms with Crippen LogP contribution in [0.4, 0.5) is 10.1 Å². The fraction of sp³-hybridized carbons (Fsp3) is 0.200. The summed E-state index contributed by atoms with van der Waals surface area (Å²) in [5.74, 6) is -1.28. The highest BCUT2D eigenvalue weighted by atomic mass is 35.5. The average molecular weight is 279 g/mol. The van der Waals surface area contributed by atoms with Crippen LogP contribution in [0, 0.1) is 5.82 Å². The van der Waals surface area contributed by atoms with Crippen molar-refractivity contribution in [3.63, 3.8) is 0 Å². The van der Waals surface area contributed by atoms with Crippen LogP contribution in [0.3, 0.4) is 0 Å². The number of nitrogens with one attached hydrogen (secondary N) is 1. The van der Waals surface area contributed by atoms with Crippen molar-refractivity contribution in [1.29, 1.82) is 0 Å². The van der Waals surface area contributed by atoms with Crippen LogP contribution < -0.4 is 5.43 Å². The van der Waals surface area contributed by atoms with Crippen molar-refractivity contribution in [2.24, 2.45) is 5.10 Å². The van der Waals surface area contributed by atoms with E-state index in [0.717, 1.165) is 0 Å². The molecule has 1 aromatic carbocycles. The second-order valence-electron chi connectivity index (χ2n) is 2.86. The molecule has 0 bridgehead atoms. The molecule has 92 valence electrons. The zero-order chi connectivity index (χ0) is 12.8. The third kappa shape index (κ3) is 4.20. The van der Waals surface area contributed by atoms with Crippen molar-refractivity contribution in [1.82, 2.24) is 0 Å². The van der Waals surface area contributed by atoms with Gasteiger partial charge >= 0.3 is 5.97 Å². The van der Waals surface area contributed by atoms with E-state index in [1.54, 1.807) is 6.92 Å². The maximum absolute atomic E-state index is 12.8. The summed E-state index contributed by atoms with van der Waals surface area (Å²) < 4.78 is 17.4. The first-order chi connectivity index (χ1) is 8.04. The van der Waals surface area contributed by atoms with Crippen molar-refractivity contribution in [2.45, 2.75) is 6.92 Å². The van der Waals surface area contributed by atoms with Gasteiger partial charge in [-0.2, -0.15) is 5.10 Å². The molecule has 0 atom stereocenters. The van der Waals surface area contributed by atoms with Gasteiger partial charge in [-0.15, -0.1) is 0 Å². The molecule has 0 aliphatic heterocycles. The Morgan fingerprint density at radius 2 is 2.29 bits per heavy atom. The van der Waals surface area contributed by atoms with E-state index in [9.17, 15) is 9.18 Å². The second kappa shape index (κ2) is 6.42. The Hall–Kier alpha value is -1.33. The number of esters is 1. The molecule has 1 rings (SSSR count). The van der Waals surface area contributed by atoms with Gasteiger partial charge in [-0.05, 0) is 25.1 Å². The van der Waals surface area contributed by atoms with Crippen LogP contribution in [-0.2, 0) is 9.53 Å². The number of carbonyl (C=O) groups is 1. The number of nitrogens with zero attached hydrogens (tertiary/aromatic N) is 1. The minimum Gasteiger partial charge on any atom is -0.461 e. The van der Waals surface area contributed by atoms with Crippen molar-refractivity contribution < 1.29 is 13.9 Å². The normalized spacial score (nSPS) is 11.2. The van der Waals surface area contributed by atoms with Gasteiger partial charge in [0.1, 0.15) is 5.82 Å². The van der Waals surface area contributed by atoms with E-state index in [2.05, 4.69) is 15.3 Å². The number of carbonyl (C=O) groups excluding carboxylic acids is 1. The Balaban J connectivity index is 2.69. The summed E-state index contributed by atoms with van der Waals surface area (Å²) in [5, 5.41) is 3.15. The Labute approximate surface area is 107 Å². The first-order valence-electron chi connectivity index (χ1n) is 4.66. The smallest absolute Gasteiger partial charge is 0.370 e. The number of hydrazone groups is 1. The van der Waals surface area contributed by atoms with E-state index in [0.29, 0.717) is 5.69 Å². The zero-order valence-corrected chi connectivity index (χ0v) is 10.3. The molecule has 17 heavy (non-hydrogen) atoms. The minimum atomic E-state index is -0.741. The van der Waals surface area contributed by atoms with E-state index < -0.39 is 11.8 Å². The quantitative estimate of drug-likeness (QED) is 0.523. The number of hydrogen-bond acceptors (Lipinski definition) is 4. The monoisotopic (exact) mass is 278 g/mol. The summed E-state index contributed by atoms with van der Waals surface area (Å²) in [6.45, 7) is 1.85. The van der Waals surface area contributed by atoms with Gasteiger partial charge in [-0.1, -0.05) is 23.2 Å². The first kappa shape index (κ1) is 13.7. The van der Waals surface area contributed by atoms with Crippen molar-refractivity contribution in [3.05, 3.63) is 29.0 Å². The van der Waals surface area contributed by atoms with E-state index in [4.69, 9.17) is 23.2 Å². The third-order valence-corrected chi connectivity index (χ3v) is 2.18. The summed E-state index contributed by atoms with van der Waals surface area (Å²) >= 11 is 11.1. The van der Waals surface area contributed by atoms with Crippen LogP contribution in [-0.4, -0.2) is 17.7 Å². The molecule has 1 aromatic rings. The second-order valence-corrected chi connectivity index (χ2v) is 3.63. The van der Waals surface area contributed by atoms with Gasteiger partial charge in [0.05, 0.1) is 17.3 Å². The lowest BCUT2D eigenvalue weighted by Gasteiger charge is -2.02. The summed E-state index contributed by atoms with van der Waals surface area (Å²) in [6, 6.07) is 3.88. The lowest BCUT2D eigenvalue weighted by Crippen LogP contribution is -2.13. The Morgan fingerprint density at radius 3 is 2.88 bits per heavy atom. The molecule has 0 aliphatic carbocycles. The summed E-state index contributed by atoms with van der Waals surface area (Å²) in [5.41, 5.74) is 2.86. The fourth-order valence-corrected chi connectivity index (χ4v) is 1.19. The van der Waals surface area contributed by atoms with E-state index in [1.807, 2.05) is 0 Å².